The fourth-order valence-electron chi connectivity index (χ4n) is 4.07. The minimum atomic E-state index is -1.04. The van der Waals surface area contributed by atoms with Crippen molar-refractivity contribution in [2.24, 2.45) is 5.92 Å². The van der Waals surface area contributed by atoms with E-state index >= 15 is 0 Å². The number of hydrogen-bond acceptors (Lipinski definition) is 4. The Morgan fingerprint density at radius 3 is 2.50 bits per heavy atom. The monoisotopic (exact) mass is 415 g/mol. The van der Waals surface area contributed by atoms with Crippen LogP contribution in [0.3, 0.4) is 0 Å². The number of hydrogen-bond donors (Lipinski definition) is 2. The molecular formula is C22H29N3O5. The normalized spacial score (nSPS) is 19.0. The van der Waals surface area contributed by atoms with Gasteiger partial charge in [-0.05, 0) is 29.9 Å². The third-order valence-electron chi connectivity index (χ3n) is 5.81. The largest absolute Gasteiger partial charge is 0.480 e. The smallest absolute Gasteiger partial charge is 0.327 e. The van der Waals surface area contributed by atoms with Crippen LogP contribution in [0.25, 0.3) is 0 Å². The van der Waals surface area contributed by atoms with E-state index in [4.69, 9.17) is 5.11 Å². The summed E-state index contributed by atoms with van der Waals surface area (Å²) < 4.78 is 0. The van der Waals surface area contributed by atoms with Gasteiger partial charge in [0.1, 0.15) is 12.1 Å². The van der Waals surface area contributed by atoms with Gasteiger partial charge in [0.15, 0.2) is 0 Å². The topological polar surface area (TPSA) is 107 Å². The van der Waals surface area contributed by atoms with E-state index in [0.717, 1.165) is 11.1 Å². The molecule has 2 N–H and O–H groups in total. The number of aliphatic carboxylic acids is 1. The molecule has 1 aromatic carbocycles. The molecule has 162 valence electrons. The van der Waals surface area contributed by atoms with Crippen molar-refractivity contribution in [1.82, 2.24) is 15.1 Å². The van der Waals surface area contributed by atoms with Crippen LogP contribution in [-0.4, -0.2) is 57.3 Å². The van der Waals surface area contributed by atoms with Crippen molar-refractivity contribution in [2.45, 2.75) is 64.6 Å². The van der Waals surface area contributed by atoms with Crippen molar-refractivity contribution in [3.05, 3.63) is 35.4 Å². The minimum absolute atomic E-state index is 0.145. The van der Waals surface area contributed by atoms with E-state index in [-0.39, 0.29) is 30.2 Å². The van der Waals surface area contributed by atoms with Crippen LogP contribution in [0.2, 0.25) is 0 Å². The standard InChI is InChI=1S/C22H29N3O5/c1-14(2)19(21(28)29)23-18(26)10-4-3-7-11-24-20(27)17-12-15-8-5-6-9-16(15)13-25(17)22(24)30/h5-6,8-9,14,17,19H,3-4,7,10-13H2,1-2H3,(H,23,26)(H,28,29)/t17-,19-/m0/s1. The highest BCUT2D eigenvalue weighted by atomic mass is 16.4. The summed E-state index contributed by atoms with van der Waals surface area (Å²) in [6.45, 7) is 4.29. The maximum atomic E-state index is 12.7. The Morgan fingerprint density at radius 2 is 1.83 bits per heavy atom. The van der Waals surface area contributed by atoms with Gasteiger partial charge in [0.05, 0.1) is 0 Å². The second-order valence-corrected chi connectivity index (χ2v) is 8.33. The molecule has 2 atom stereocenters. The Labute approximate surface area is 176 Å². The molecule has 0 spiro atoms. The molecule has 30 heavy (non-hydrogen) atoms. The molecule has 1 fully saturated rings. The lowest BCUT2D eigenvalue weighted by Gasteiger charge is -2.28. The molecule has 2 heterocycles. The zero-order valence-corrected chi connectivity index (χ0v) is 17.5. The zero-order chi connectivity index (χ0) is 21.8. The Bertz CT molecular complexity index is 795. The van der Waals surface area contributed by atoms with E-state index in [1.54, 1.807) is 18.7 Å². The van der Waals surface area contributed by atoms with E-state index in [1.807, 2.05) is 24.3 Å². The molecule has 0 aliphatic carbocycles. The lowest BCUT2D eigenvalue weighted by molar-refractivity contribution is -0.143. The Balaban J connectivity index is 1.43. The third kappa shape index (κ3) is 4.63. The second kappa shape index (κ2) is 9.28. The summed E-state index contributed by atoms with van der Waals surface area (Å²) in [4.78, 5) is 51.5. The summed E-state index contributed by atoms with van der Waals surface area (Å²) in [6.07, 6.45) is 2.64. The number of fused-ring (bicyclic) bond motifs is 2. The average molecular weight is 415 g/mol. The average Bonchev–Trinajstić information content (AvgIpc) is 2.93. The molecule has 0 saturated carbocycles. The number of urea groups is 1. The highest BCUT2D eigenvalue weighted by molar-refractivity contribution is 6.04. The molecule has 1 aromatic rings. The molecule has 0 aromatic heterocycles. The van der Waals surface area contributed by atoms with Gasteiger partial charge in [-0.25, -0.2) is 9.59 Å². The van der Waals surface area contributed by atoms with E-state index in [2.05, 4.69) is 5.32 Å². The van der Waals surface area contributed by atoms with Gasteiger partial charge >= 0.3 is 12.0 Å². The zero-order valence-electron chi connectivity index (χ0n) is 17.5. The summed E-state index contributed by atoms with van der Waals surface area (Å²) in [5.41, 5.74) is 2.21. The van der Waals surface area contributed by atoms with E-state index in [1.165, 1.54) is 4.90 Å². The molecule has 8 nitrogen and oxygen atoms in total. The number of rotatable bonds is 9. The number of carboxylic acid groups (broad SMARTS) is 1. The fraction of sp³-hybridized carbons (Fsp3) is 0.545. The number of carbonyl (C=O) groups excluding carboxylic acids is 3. The van der Waals surface area contributed by atoms with E-state index in [9.17, 15) is 19.2 Å². The first-order valence-electron chi connectivity index (χ1n) is 10.5. The third-order valence-corrected chi connectivity index (χ3v) is 5.81. The van der Waals surface area contributed by atoms with Crippen LogP contribution in [0.15, 0.2) is 24.3 Å². The van der Waals surface area contributed by atoms with Crippen LogP contribution in [0.4, 0.5) is 4.79 Å². The Morgan fingerprint density at radius 1 is 1.13 bits per heavy atom. The molecular weight excluding hydrogens is 386 g/mol. The van der Waals surface area contributed by atoms with Crippen LogP contribution in [0.1, 0.15) is 50.7 Å². The quantitative estimate of drug-likeness (QED) is 0.475. The summed E-state index contributed by atoms with van der Waals surface area (Å²) in [6, 6.07) is 6.34. The summed E-state index contributed by atoms with van der Waals surface area (Å²) in [5, 5.41) is 11.7. The number of carbonyl (C=O) groups is 4. The van der Waals surface area contributed by atoms with Crippen LogP contribution in [0, 0.1) is 5.92 Å². The first-order chi connectivity index (χ1) is 14.3. The van der Waals surface area contributed by atoms with E-state index in [0.29, 0.717) is 38.8 Å². The van der Waals surface area contributed by atoms with Crippen molar-refractivity contribution < 1.29 is 24.3 Å². The lowest BCUT2D eigenvalue weighted by Crippen LogP contribution is -2.44. The predicted molar refractivity (Wildman–Crippen MR) is 109 cm³/mol. The van der Waals surface area contributed by atoms with Crippen molar-refractivity contribution in [3.63, 3.8) is 0 Å². The molecule has 0 bridgehead atoms. The van der Waals surface area contributed by atoms with Crippen molar-refractivity contribution in [2.75, 3.05) is 6.54 Å². The number of carboxylic acids is 1. The predicted octanol–water partition coefficient (Wildman–Crippen LogP) is 2.16. The van der Waals surface area contributed by atoms with Crippen LogP contribution >= 0.6 is 0 Å². The Hall–Kier alpha value is -2.90. The number of unbranched alkanes of at least 4 members (excludes halogenated alkanes) is 2. The first-order valence-corrected chi connectivity index (χ1v) is 10.5. The van der Waals surface area contributed by atoms with Crippen molar-refractivity contribution in [1.29, 1.82) is 0 Å². The van der Waals surface area contributed by atoms with Gasteiger partial charge < -0.3 is 15.3 Å². The van der Waals surface area contributed by atoms with Gasteiger partial charge in [-0.1, -0.05) is 44.5 Å². The molecule has 0 radical (unpaired) electrons. The molecule has 3 rings (SSSR count). The van der Waals surface area contributed by atoms with Gasteiger partial charge in [0.2, 0.25) is 5.91 Å². The SMILES string of the molecule is CC(C)[C@H](NC(=O)CCCCCN1C(=O)[C@@H]2Cc3ccccc3CN2C1=O)C(=O)O. The van der Waals surface area contributed by atoms with Crippen LogP contribution in [0.5, 0.6) is 0 Å². The van der Waals surface area contributed by atoms with Gasteiger partial charge in [-0.2, -0.15) is 0 Å². The van der Waals surface area contributed by atoms with Crippen LogP contribution in [-0.2, 0) is 27.3 Å². The first kappa shape index (κ1) is 21.8. The van der Waals surface area contributed by atoms with Gasteiger partial charge in [0, 0.05) is 25.9 Å². The van der Waals surface area contributed by atoms with Crippen molar-refractivity contribution >= 4 is 23.8 Å². The second-order valence-electron chi connectivity index (χ2n) is 8.33. The maximum Gasteiger partial charge on any atom is 0.327 e. The molecule has 2 aliphatic rings. The lowest BCUT2D eigenvalue weighted by atomic mass is 9.95. The highest BCUT2D eigenvalue weighted by Gasteiger charge is 2.46. The molecule has 4 amide bonds. The minimum Gasteiger partial charge on any atom is -0.480 e. The van der Waals surface area contributed by atoms with E-state index < -0.39 is 18.1 Å². The van der Waals surface area contributed by atoms with Gasteiger partial charge in [0.25, 0.3) is 5.91 Å². The number of imide groups is 1. The van der Waals surface area contributed by atoms with Gasteiger partial charge in [-0.3, -0.25) is 14.5 Å². The number of nitrogens with one attached hydrogen (secondary N) is 1. The molecule has 0 unspecified atom stereocenters. The highest BCUT2D eigenvalue weighted by Crippen LogP contribution is 2.30. The number of benzene rings is 1. The fourth-order valence-corrected chi connectivity index (χ4v) is 4.07. The summed E-state index contributed by atoms with van der Waals surface area (Å²) in [7, 11) is 0. The number of nitrogens with zero attached hydrogens (tertiary/aromatic N) is 2. The van der Waals surface area contributed by atoms with Crippen LogP contribution < -0.4 is 5.32 Å². The maximum absolute atomic E-state index is 12.7. The van der Waals surface area contributed by atoms with Crippen molar-refractivity contribution in [3.8, 4) is 0 Å². The number of amides is 4. The molecule has 8 heteroatoms. The summed E-state index contributed by atoms with van der Waals surface area (Å²) in [5.74, 6) is -1.67. The summed E-state index contributed by atoms with van der Waals surface area (Å²) >= 11 is 0. The Kier molecular flexibility index (Phi) is 6.74. The molecule has 1 saturated heterocycles. The molecule has 2 aliphatic heterocycles. The van der Waals surface area contributed by atoms with Gasteiger partial charge in [-0.15, -0.1) is 0 Å².